The van der Waals surface area contributed by atoms with Gasteiger partial charge in [-0.2, -0.15) is 0 Å². The summed E-state index contributed by atoms with van der Waals surface area (Å²) in [4.78, 5) is 12.3. The lowest BCUT2D eigenvalue weighted by molar-refractivity contribution is 0.0818. The molecule has 0 aromatic heterocycles. The van der Waals surface area contributed by atoms with E-state index in [9.17, 15) is 4.79 Å². The third kappa shape index (κ3) is 3.40. The lowest BCUT2D eigenvalue weighted by Crippen LogP contribution is -2.23. The Bertz CT molecular complexity index is 635. The molecular formula is C17H17ClO2. The van der Waals surface area contributed by atoms with Crippen LogP contribution in [0.5, 0.6) is 5.75 Å². The Hall–Kier alpha value is -1.80. The number of ketones is 1. The molecule has 0 N–H and O–H groups in total. The number of rotatable bonds is 4. The molecule has 2 nitrogen and oxygen atoms in total. The fourth-order valence-corrected chi connectivity index (χ4v) is 2.11. The Morgan fingerprint density at radius 3 is 2.50 bits per heavy atom. The van der Waals surface area contributed by atoms with Crippen molar-refractivity contribution in [2.75, 3.05) is 0 Å². The van der Waals surface area contributed by atoms with Gasteiger partial charge in [0.15, 0.2) is 6.10 Å². The standard InChI is InChI=1S/C17H17ClO2/c1-11-7-8-16(9-12(11)2)20-13(3)17(19)14-5-4-6-15(18)10-14/h4-10,13H,1-3H3/t13-/m0/s1. The van der Waals surface area contributed by atoms with Crippen LogP contribution in [0.15, 0.2) is 42.5 Å². The normalized spacial score (nSPS) is 12.0. The van der Waals surface area contributed by atoms with Gasteiger partial charge >= 0.3 is 0 Å². The highest BCUT2D eigenvalue weighted by Gasteiger charge is 2.17. The van der Waals surface area contributed by atoms with E-state index in [1.165, 1.54) is 5.56 Å². The van der Waals surface area contributed by atoms with Crippen LogP contribution in [-0.4, -0.2) is 11.9 Å². The predicted molar refractivity (Wildman–Crippen MR) is 81.8 cm³/mol. The van der Waals surface area contributed by atoms with Gasteiger partial charge in [-0.25, -0.2) is 0 Å². The van der Waals surface area contributed by atoms with Crippen molar-refractivity contribution in [3.05, 3.63) is 64.2 Å². The maximum absolute atomic E-state index is 12.3. The summed E-state index contributed by atoms with van der Waals surface area (Å²) in [6, 6.07) is 12.7. The van der Waals surface area contributed by atoms with Crippen molar-refractivity contribution in [3.8, 4) is 5.75 Å². The Labute approximate surface area is 124 Å². The summed E-state index contributed by atoms with van der Waals surface area (Å²) in [7, 11) is 0. The fourth-order valence-electron chi connectivity index (χ4n) is 1.92. The highest BCUT2D eigenvalue weighted by molar-refractivity contribution is 6.31. The Morgan fingerprint density at radius 1 is 1.10 bits per heavy atom. The van der Waals surface area contributed by atoms with Crippen molar-refractivity contribution in [1.29, 1.82) is 0 Å². The lowest BCUT2D eigenvalue weighted by atomic mass is 10.1. The zero-order valence-electron chi connectivity index (χ0n) is 11.8. The number of ether oxygens (including phenoxy) is 1. The van der Waals surface area contributed by atoms with Crippen LogP contribution in [0.4, 0.5) is 0 Å². The first-order valence-electron chi connectivity index (χ1n) is 6.51. The molecule has 0 fully saturated rings. The maximum atomic E-state index is 12.3. The van der Waals surface area contributed by atoms with E-state index in [0.717, 1.165) is 5.56 Å². The van der Waals surface area contributed by atoms with Gasteiger partial charge in [-0.05, 0) is 56.2 Å². The predicted octanol–water partition coefficient (Wildman–Crippen LogP) is 4.61. The first kappa shape index (κ1) is 14.6. The van der Waals surface area contributed by atoms with E-state index in [-0.39, 0.29) is 5.78 Å². The molecule has 2 aromatic rings. The van der Waals surface area contributed by atoms with Crippen molar-refractivity contribution < 1.29 is 9.53 Å². The molecule has 104 valence electrons. The van der Waals surface area contributed by atoms with Crippen LogP contribution in [0.25, 0.3) is 0 Å². The topological polar surface area (TPSA) is 26.3 Å². The van der Waals surface area contributed by atoms with E-state index < -0.39 is 6.10 Å². The molecule has 2 rings (SSSR count). The second-order valence-electron chi connectivity index (χ2n) is 4.88. The molecule has 0 aliphatic carbocycles. The van der Waals surface area contributed by atoms with E-state index in [4.69, 9.17) is 16.3 Å². The van der Waals surface area contributed by atoms with Crippen LogP contribution in [0.1, 0.15) is 28.4 Å². The average molecular weight is 289 g/mol. The van der Waals surface area contributed by atoms with Gasteiger partial charge in [-0.15, -0.1) is 0 Å². The van der Waals surface area contributed by atoms with Crippen molar-refractivity contribution in [2.24, 2.45) is 0 Å². The largest absolute Gasteiger partial charge is 0.483 e. The van der Waals surface area contributed by atoms with Crippen molar-refractivity contribution in [2.45, 2.75) is 26.9 Å². The highest BCUT2D eigenvalue weighted by Crippen LogP contribution is 2.19. The van der Waals surface area contributed by atoms with Gasteiger partial charge in [0.2, 0.25) is 5.78 Å². The fraction of sp³-hybridized carbons (Fsp3) is 0.235. The Morgan fingerprint density at radius 2 is 1.85 bits per heavy atom. The summed E-state index contributed by atoms with van der Waals surface area (Å²) in [6.07, 6.45) is -0.546. The minimum atomic E-state index is -0.546. The summed E-state index contributed by atoms with van der Waals surface area (Å²) in [5, 5.41) is 0.550. The number of aryl methyl sites for hydroxylation is 2. The molecule has 2 aromatic carbocycles. The van der Waals surface area contributed by atoms with Gasteiger partial charge in [0, 0.05) is 10.6 Å². The third-order valence-electron chi connectivity index (χ3n) is 3.27. The summed E-state index contributed by atoms with van der Waals surface area (Å²) >= 11 is 5.90. The molecule has 0 heterocycles. The summed E-state index contributed by atoms with van der Waals surface area (Å²) in [5.74, 6) is 0.627. The SMILES string of the molecule is Cc1ccc(O[C@@H](C)C(=O)c2cccc(Cl)c2)cc1C. The van der Waals surface area contributed by atoms with Crippen molar-refractivity contribution in [3.63, 3.8) is 0 Å². The molecule has 0 radical (unpaired) electrons. The molecule has 0 bridgehead atoms. The highest BCUT2D eigenvalue weighted by atomic mass is 35.5. The van der Waals surface area contributed by atoms with Gasteiger partial charge in [0.25, 0.3) is 0 Å². The second-order valence-corrected chi connectivity index (χ2v) is 5.32. The van der Waals surface area contributed by atoms with Crippen LogP contribution in [-0.2, 0) is 0 Å². The monoisotopic (exact) mass is 288 g/mol. The third-order valence-corrected chi connectivity index (χ3v) is 3.50. The zero-order chi connectivity index (χ0) is 14.7. The molecule has 0 saturated carbocycles. The molecule has 0 aliphatic rings. The molecule has 1 atom stereocenters. The van der Waals surface area contributed by atoms with E-state index in [1.54, 1.807) is 31.2 Å². The van der Waals surface area contributed by atoms with Gasteiger partial charge in [-0.3, -0.25) is 4.79 Å². The van der Waals surface area contributed by atoms with Crippen LogP contribution in [0.2, 0.25) is 5.02 Å². The van der Waals surface area contributed by atoms with E-state index in [2.05, 4.69) is 0 Å². The number of halogens is 1. The van der Waals surface area contributed by atoms with E-state index in [0.29, 0.717) is 16.3 Å². The molecule has 0 aliphatic heterocycles. The molecule has 20 heavy (non-hydrogen) atoms. The van der Waals surface area contributed by atoms with E-state index in [1.807, 2.05) is 32.0 Å². The number of hydrogen-bond acceptors (Lipinski definition) is 2. The van der Waals surface area contributed by atoms with Gasteiger partial charge < -0.3 is 4.74 Å². The maximum Gasteiger partial charge on any atom is 0.203 e. The number of carbonyl (C=O) groups is 1. The molecule has 0 unspecified atom stereocenters. The Kier molecular flexibility index (Phi) is 4.46. The average Bonchev–Trinajstić information content (AvgIpc) is 2.42. The quantitative estimate of drug-likeness (QED) is 0.768. The van der Waals surface area contributed by atoms with Crippen molar-refractivity contribution in [1.82, 2.24) is 0 Å². The van der Waals surface area contributed by atoms with Crippen molar-refractivity contribution >= 4 is 17.4 Å². The molecule has 3 heteroatoms. The molecule has 0 amide bonds. The number of hydrogen-bond donors (Lipinski definition) is 0. The van der Waals surface area contributed by atoms with Gasteiger partial charge in [0.05, 0.1) is 0 Å². The van der Waals surface area contributed by atoms with Crippen LogP contribution in [0.3, 0.4) is 0 Å². The number of Topliss-reactive ketones (excluding diaryl/α,β-unsaturated/α-hetero) is 1. The minimum Gasteiger partial charge on any atom is -0.483 e. The van der Waals surface area contributed by atoms with Crippen LogP contribution in [0, 0.1) is 13.8 Å². The zero-order valence-corrected chi connectivity index (χ0v) is 12.6. The molecule has 0 spiro atoms. The summed E-state index contributed by atoms with van der Waals surface area (Å²) in [5.41, 5.74) is 2.91. The van der Waals surface area contributed by atoms with Gasteiger partial charge in [0.1, 0.15) is 5.75 Å². The first-order chi connectivity index (χ1) is 9.47. The Balaban J connectivity index is 2.13. The molecular weight excluding hydrogens is 272 g/mol. The smallest absolute Gasteiger partial charge is 0.203 e. The summed E-state index contributed by atoms with van der Waals surface area (Å²) in [6.45, 7) is 5.81. The van der Waals surface area contributed by atoms with Gasteiger partial charge in [-0.1, -0.05) is 29.8 Å². The lowest BCUT2D eigenvalue weighted by Gasteiger charge is -2.15. The van der Waals surface area contributed by atoms with Crippen LogP contribution >= 0.6 is 11.6 Å². The first-order valence-corrected chi connectivity index (χ1v) is 6.89. The van der Waals surface area contributed by atoms with E-state index >= 15 is 0 Å². The number of benzene rings is 2. The summed E-state index contributed by atoms with van der Waals surface area (Å²) < 4.78 is 5.71. The molecule has 0 saturated heterocycles. The van der Waals surface area contributed by atoms with Crippen LogP contribution < -0.4 is 4.74 Å². The number of carbonyl (C=O) groups excluding carboxylic acids is 1. The second kappa shape index (κ2) is 6.10. The minimum absolute atomic E-state index is 0.0780.